The third kappa shape index (κ3) is 4.62. The van der Waals surface area contributed by atoms with Crippen LogP contribution in [0.1, 0.15) is 81.5 Å². The molecule has 0 radical (unpaired) electrons. The van der Waals surface area contributed by atoms with E-state index in [4.69, 9.17) is 0 Å². The average molecular weight is 344 g/mol. The van der Waals surface area contributed by atoms with Crippen LogP contribution in [-0.2, 0) is 9.59 Å². The minimum atomic E-state index is -0.531. The maximum Gasteiger partial charge on any atom is 0.254 e. The van der Waals surface area contributed by atoms with Crippen molar-refractivity contribution in [2.75, 3.05) is 11.4 Å². The zero-order chi connectivity index (χ0) is 18.4. The lowest BCUT2D eigenvalue weighted by Gasteiger charge is -2.19. The first-order chi connectivity index (χ1) is 12.0. The zero-order valence-corrected chi connectivity index (χ0v) is 16.2. The normalized spacial score (nSPS) is 16.2. The minimum absolute atomic E-state index is 0.00795. The van der Waals surface area contributed by atoms with Gasteiger partial charge in [0.05, 0.1) is 5.69 Å². The Labute approximate surface area is 152 Å². The number of hydrogen-bond donors (Lipinski definition) is 1. The van der Waals surface area contributed by atoms with E-state index in [2.05, 4.69) is 18.3 Å². The third-order valence-electron chi connectivity index (χ3n) is 5.04. The summed E-state index contributed by atoms with van der Waals surface area (Å²) in [5.74, 6) is -0.156. The Morgan fingerprint density at radius 2 is 1.64 bits per heavy atom. The van der Waals surface area contributed by atoms with Gasteiger partial charge in [0, 0.05) is 19.0 Å². The number of nitrogens with zero attached hydrogens (tertiary/aromatic N) is 1. The van der Waals surface area contributed by atoms with Gasteiger partial charge in [0.1, 0.15) is 6.04 Å². The van der Waals surface area contributed by atoms with Crippen molar-refractivity contribution in [3.63, 3.8) is 0 Å². The Morgan fingerprint density at radius 3 is 2.28 bits per heavy atom. The molecule has 1 aromatic rings. The number of anilines is 1. The van der Waals surface area contributed by atoms with E-state index >= 15 is 0 Å². The van der Waals surface area contributed by atoms with Crippen LogP contribution in [0.2, 0.25) is 0 Å². The number of rotatable bonds is 9. The molecule has 0 bridgehead atoms. The molecule has 1 atom stereocenters. The van der Waals surface area contributed by atoms with E-state index in [1.54, 1.807) is 0 Å². The van der Waals surface area contributed by atoms with Crippen molar-refractivity contribution in [3.05, 3.63) is 28.8 Å². The van der Waals surface area contributed by atoms with Gasteiger partial charge in [-0.05, 0) is 31.4 Å². The van der Waals surface area contributed by atoms with Gasteiger partial charge < -0.3 is 10.2 Å². The number of carbonyl (C=O) groups is 2. The number of carbonyl (C=O) groups excluding carboxylic acids is 2. The lowest BCUT2D eigenvalue weighted by atomic mass is 9.99. The van der Waals surface area contributed by atoms with Crippen LogP contribution in [0.15, 0.2) is 12.1 Å². The predicted molar refractivity (Wildman–Crippen MR) is 103 cm³/mol. The van der Waals surface area contributed by atoms with Crippen LogP contribution >= 0.6 is 0 Å². The second-order valence-corrected chi connectivity index (χ2v) is 7.21. The second kappa shape index (κ2) is 9.02. The molecule has 1 aromatic carbocycles. The predicted octanol–water partition coefficient (Wildman–Crippen LogP) is 4.58. The Kier molecular flexibility index (Phi) is 7.03. The maximum atomic E-state index is 12.9. The third-order valence-corrected chi connectivity index (χ3v) is 5.04. The fourth-order valence-corrected chi connectivity index (χ4v) is 3.72. The Hall–Kier alpha value is -1.84. The van der Waals surface area contributed by atoms with Gasteiger partial charge in [-0.25, -0.2) is 0 Å². The number of aryl methyl sites for hydroxylation is 2. The summed E-state index contributed by atoms with van der Waals surface area (Å²) in [7, 11) is 0. The molecule has 2 rings (SSSR count). The fourth-order valence-electron chi connectivity index (χ4n) is 3.72. The zero-order valence-electron chi connectivity index (χ0n) is 16.2. The van der Waals surface area contributed by atoms with Crippen LogP contribution in [0.3, 0.4) is 0 Å². The number of fused-ring (bicyclic) bond motifs is 1. The molecule has 1 unspecified atom stereocenters. The first kappa shape index (κ1) is 19.5. The topological polar surface area (TPSA) is 49.4 Å². The molecular weight excluding hydrogens is 312 g/mol. The van der Waals surface area contributed by atoms with Crippen molar-refractivity contribution in [3.8, 4) is 0 Å². The quantitative estimate of drug-likeness (QED) is 0.667. The molecule has 0 saturated carbocycles. The average Bonchev–Trinajstić information content (AvgIpc) is 2.84. The van der Waals surface area contributed by atoms with Crippen molar-refractivity contribution in [2.45, 2.75) is 78.7 Å². The van der Waals surface area contributed by atoms with E-state index in [1.807, 2.05) is 24.8 Å². The Bertz CT molecular complexity index is 625. The molecule has 4 nitrogen and oxygen atoms in total. The van der Waals surface area contributed by atoms with Gasteiger partial charge in [0.2, 0.25) is 5.91 Å². The summed E-state index contributed by atoms with van der Waals surface area (Å²) in [6.07, 6.45) is 8.57. The monoisotopic (exact) mass is 344 g/mol. The highest BCUT2D eigenvalue weighted by Gasteiger charge is 2.39. The van der Waals surface area contributed by atoms with Crippen molar-refractivity contribution in [2.24, 2.45) is 0 Å². The molecular formula is C21H32N2O2. The van der Waals surface area contributed by atoms with Gasteiger partial charge in [0.25, 0.3) is 5.91 Å². The van der Waals surface area contributed by atoms with Gasteiger partial charge in [-0.3, -0.25) is 9.59 Å². The Morgan fingerprint density at radius 1 is 1.04 bits per heavy atom. The van der Waals surface area contributed by atoms with Crippen LogP contribution in [-0.4, -0.2) is 18.4 Å². The lowest BCUT2D eigenvalue weighted by Crippen LogP contribution is -2.37. The fraction of sp³-hybridized carbons (Fsp3) is 0.619. The number of amides is 2. The van der Waals surface area contributed by atoms with Gasteiger partial charge in [0.15, 0.2) is 0 Å². The van der Waals surface area contributed by atoms with E-state index in [0.717, 1.165) is 41.8 Å². The highest BCUT2D eigenvalue weighted by molar-refractivity contribution is 6.07. The molecule has 1 aliphatic rings. The first-order valence-corrected chi connectivity index (χ1v) is 9.66. The van der Waals surface area contributed by atoms with Crippen LogP contribution in [0.5, 0.6) is 0 Å². The van der Waals surface area contributed by atoms with Gasteiger partial charge in [-0.2, -0.15) is 0 Å². The van der Waals surface area contributed by atoms with E-state index in [0.29, 0.717) is 0 Å². The van der Waals surface area contributed by atoms with Gasteiger partial charge in [-0.15, -0.1) is 0 Å². The van der Waals surface area contributed by atoms with E-state index in [9.17, 15) is 9.59 Å². The molecule has 0 aliphatic carbocycles. The highest BCUT2D eigenvalue weighted by atomic mass is 16.2. The number of unbranched alkanes of at least 4 members (excludes halogenated alkanes) is 6. The molecule has 25 heavy (non-hydrogen) atoms. The second-order valence-electron chi connectivity index (χ2n) is 7.21. The lowest BCUT2D eigenvalue weighted by molar-refractivity contribution is -0.126. The van der Waals surface area contributed by atoms with Gasteiger partial charge >= 0.3 is 0 Å². The highest BCUT2D eigenvalue weighted by Crippen LogP contribution is 2.40. The van der Waals surface area contributed by atoms with E-state index < -0.39 is 6.04 Å². The summed E-state index contributed by atoms with van der Waals surface area (Å²) in [6.45, 7) is 8.49. The van der Waals surface area contributed by atoms with Crippen LogP contribution in [0, 0.1) is 13.8 Å². The Balaban J connectivity index is 2.06. The number of hydrogen-bond acceptors (Lipinski definition) is 2. The van der Waals surface area contributed by atoms with Crippen LogP contribution in [0.25, 0.3) is 0 Å². The molecule has 1 N–H and O–H groups in total. The molecule has 1 aliphatic heterocycles. The SMILES string of the molecule is CCCCCCCCCN1C(=O)C(NC(C)=O)c2c(C)ccc(C)c21. The van der Waals surface area contributed by atoms with Crippen molar-refractivity contribution in [1.29, 1.82) is 0 Å². The van der Waals surface area contributed by atoms with Crippen molar-refractivity contribution < 1.29 is 9.59 Å². The standard InChI is InChI=1S/C21H32N2O2/c1-5-6-7-8-9-10-11-14-23-20-16(3)13-12-15(2)18(20)19(21(23)25)22-17(4)24/h12-13,19H,5-11,14H2,1-4H3,(H,22,24). The summed E-state index contributed by atoms with van der Waals surface area (Å²) in [6, 6.07) is 3.57. The largest absolute Gasteiger partial charge is 0.341 e. The van der Waals surface area contributed by atoms with E-state index in [1.165, 1.54) is 39.0 Å². The maximum absolute atomic E-state index is 12.9. The van der Waals surface area contributed by atoms with Crippen molar-refractivity contribution in [1.82, 2.24) is 5.32 Å². The smallest absolute Gasteiger partial charge is 0.254 e. The minimum Gasteiger partial charge on any atom is -0.341 e. The van der Waals surface area contributed by atoms with E-state index in [-0.39, 0.29) is 11.8 Å². The molecule has 138 valence electrons. The summed E-state index contributed by atoms with van der Waals surface area (Å²) >= 11 is 0. The first-order valence-electron chi connectivity index (χ1n) is 9.66. The molecule has 4 heteroatoms. The number of nitrogens with one attached hydrogen (secondary N) is 1. The summed E-state index contributed by atoms with van der Waals surface area (Å²) in [4.78, 5) is 26.4. The van der Waals surface area contributed by atoms with Crippen molar-refractivity contribution >= 4 is 17.5 Å². The molecule has 0 aromatic heterocycles. The number of benzene rings is 1. The summed E-state index contributed by atoms with van der Waals surface area (Å²) < 4.78 is 0. The molecule has 0 saturated heterocycles. The van der Waals surface area contributed by atoms with Crippen LogP contribution in [0.4, 0.5) is 5.69 Å². The molecule has 0 spiro atoms. The summed E-state index contributed by atoms with van der Waals surface area (Å²) in [5.41, 5.74) is 4.15. The van der Waals surface area contributed by atoms with Gasteiger partial charge in [-0.1, -0.05) is 57.6 Å². The molecule has 1 heterocycles. The van der Waals surface area contributed by atoms with Crippen LogP contribution < -0.4 is 10.2 Å². The summed E-state index contributed by atoms with van der Waals surface area (Å²) in [5, 5.41) is 2.84. The molecule has 2 amide bonds. The molecule has 0 fully saturated rings.